The first-order chi connectivity index (χ1) is 3.84. The molecule has 0 aliphatic heterocycles. The Balaban J connectivity index is 3.09. The van der Waals surface area contributed by atoms with Crippen molar-refractivity contribution in [2.45, 2.75) is 0 Å². The van der Waals surface area contributed by atoms with Crippen molar-refractivity contribution in [3.63, 3.8) is 0 Å². The van der Waals surface area contributed by atoms with E-state index in [0.29, 0.717) is 5.69 Å². The average Bonchev–Trinajstić information content (AvgIpc) is 2.14. The second-order valence-electron chi connectivity index (χ2n) is 1.41. The van der Waals surface area contributed by atoms with Gasteiger partial charge in [0.1, 0.15) is 5.69 Å². The molecule has 8 heavy (non-hydrogen) atoms. The monoisotopic (exact) mass is 125 g/mol. The first-order valence-electron chi connectivity index (χ1n) is 2.20. The number of carbonyl (C=O) groups excluding carboxylic acids is 1. The zero-order chi connectivity index (χ0) is 5.98. The number of aromatic nitrogens is 1. The Morgan fingerprint density at radius 1 is 1.88 bits per heavy atom. The molecule has 0 saturated heterocycles. The molecule has 0 atom stereocenters. The lowest BCUT2D eigenvalue weighted by Crippen LogP contribution is -2.02. The molecule has 0 spiro atoms. The largest absolute Gasteiger partial charge is 0.296 e. The first kappa shape index (κ1) is 5.50. The van der Waals surface area contributed by atoms with Gasteiger partial charge in [0.25, 0.3) is 0 Å². The summed E-state index contributed by atoms with van der Waals surface area (Å²) in [7, 11) is 1.88. The lowest BCUT2D eigenvalue weighted by atomic mass is 10.1. The van der Waals surface area contributed by atoms with Gasteiger partial charge in [-0.1, -0.05) is 0 Å². The minimum Gasteiger partial charge on any atom is -0.296 e. The number of rotatable bonds is 1. The topological polar surface area (TPSA) is 30.0 Å². The highest BCUT2D eigenvalue weighted by Gasteiger charge is 1.95. The molecule has 0 unspecified atom stereocenters. The molecule has 40 valence electrons. The van der Waals surface area contributed by atoms with Gasteiger partial charge in [-0.15, -0.1) is 11.3 Å². The van der Waals surface area contributed by atoms with E-state index >= 15 is 0 Å². The van der Waals surface area contributed by atoms with Crippen molar-refractivity contribution in [1.29, 1.82) is 0 Å². The summed E-state index contributed by atoms with van der Waals surface area (Å²) in [5.41, 5.74) is 2.23. The van der Waals surface area contributed by atoms with Crippen molar-refractivity contribution in [2.24, 2.45) is 0 Å². The normalized spacial score (nSPS) is 9.00. The fourth-order valence-electron chi connectivity index (χ4n) is 0.427. The van der Waals surface area contributed by atoms with E-state index in [4.69, 9.17) is 0 Å². The summed E-state index contributed by atoms with van der Waals surface area (Å²) in [5.74, 6) is 0. The number of aldehydes is 1. The molecule has 0 bridgehead atoms. The van der Waals surface area contributed by atoms with Gasteiger partial charge >= 0.3 is 0 Å². The van der Waals surface area contributed by atoms with Crippen molar-refractivity contribution < 1.29 is 4.79 Å². The highest BCUT2D eigenvalue weighted by molar-refractivity contribution is 7.18. The molecule has 0 aromatic carbocycles. The van der Waals surface area contributed by atoms with Crippen LogP contribution in [-0.4, -0.2) is 19.1 Å². The number of hydrogen-bond donors (Lipinski definition) is 0. The Morgan fingerprint density at radius 3 is 2.88 bits per heavy atom. The molecule has 1 aromatic rings. The van der Waals surface area contributed by atoms with E-state index in [2.05, 4.69) is 4.98 Å². The third-order valence-corrected chi connectivity index (χ3v) is 1.67. The van der Waals surface area contributed by atoms with Crippen LogP contribution in [0.5, 0.6) is 0 Å². The number of thiazole rings is 1. The second-order valence-corrected chi connectivity index (χ2v) is 2.47. The van der Waals surface area contributed by atoms with Gasteiger partial charge in [-0.05, 0) is 4.78 Å². The summed E-state index contributed by atoms with van der Waals surface area (Å²) in [6.07, 6.45) is 0.770. The number of nitrogens with zero attached hydrogens (tertiary/aromatic N) is 1. The van der Waals surface area contributed by atoms with E-state index in [1.807, 2.05) is 7.85 Å². The maximum Gasteiger partial charge on any atom is 0.168 e. The predicted molar refractivity (Wildman–Crippen MR) is 35.7 cm³/mol. The molecule has 0 N–H and O–H groups in total. The van der Waals surface area contributed by atoms with Crippen LogP contribution in [0.2, 0.25) is 0 Å². The second kappa shape index (κ2) is 2.09. The maximum atomic E-state index is 10.0. The molecule has 1 aromatic heterocycles. The number of carbonyl (C=O) groups is 1. The van der Waals surface area contributed by atoms with E-state index in [1.54, 1.807) is 5.51 Å². The SMILES string of the molecule is Bc1scnc1C=O. The highest BCUT2D eigenvalue weighted by Crippen LogP contribution is 1.90. The third kappa shape index (κ3) is 0.791. The Hall–Kier alpha value is -0.635. The third-order valence-electron chi connectivity index (χ3n) is 0.894. The molecule has 0 fully saturated rings. The zero-order valence-electron chi connectivity index (χ0n) is 4.42. The van der Waals surface area contributed by atoms with Gasteiger partial charge in [0.05, 0.1) is 5.51 Å². The first-order valence-corrected chi connectivity index (χ1v) is 3.08. The van der Waals surface area contributed by atoms with Crippen LogP contribution in [0.15, 0.2) is 5.51 Å². The van der Waals surface area contributed by atoms with Crippen molar-refractivity contribution in [3.8, 4) is 0 Å². The molecule has 2 nitrogen and oxygen atoms in total. The molecule has 4 heteroatoms. The quantitative estimate of drug-likeness (QED) is 0.363. The van der Waals surface area contributed by atoms with Crippen LogP contribution >= 0.6 is 11.3 Å². The van der Waals surface area contributed by atoms with Gasteiger partial charge in [-0.25, -0.2) is 4.98 Å². The molecular formula is C4H4BNOS. The van der Waals surface area contributed by atoms with Gasteiger partial charge < -0.3 is 0 Å². The fourth-order valence-corrected chi connectivity index (χ4v) is 0.973. The van der Waals surface area contributed by atoms with Crippen molar-refractivity contribution >= 4 is 30.2 Å². The predicted octanol–water partition coefficient (Wildman–Crippen LogP) is -0.786. The summed E-state index contributed by atoms with van der Waals surface area (Å²) < 4.78 is 0.986. The van der Waals surface area contributed by atoms with Gasteiger partial charge in [-0.3, -0.25) is 4.79 Å². The lowest BCUT2D eigenvalue weighted by molar-refractivity contribution is 0.112. The van der Waals surface area contributed by atoms with Crippen LogP contribution in [0.1, 0.15) is 10.5 Å². The molecule has 0 radical (unpaired) electrons. The van der Waals surface area contributed by atoms with Crippen molar-refractivity contribution in [2.75, 3.05) is 0 Å². The zero-order valence-corrected chi connectivity index (χ0v) is 5.23. The molecule has 0 aliphatic carbocycles. The van der Waals surface area contributed by atoms with E-state index in [9.17, 15) is 4.79 Å². The average molecular weight is 125 g/mol. The Kier molecular flexibility index (Phi) is 1.44. The van der Waals surface area contributed by atoms with Crippen LogP contribution in [-0.2, 0) is 0 Å². The molecule has 0 aliphatic rings. The van der Waals surface area contributed by atoms with Crippen LogP contribution < -0.4 is 4.78 Å². The minimum atomic E-state index is 0.565. The maximum absolute atomic E-state index is 10.0. The summed E-state index contributed by atoms with van der Waals surface area (Å²) >= 11 is 1.49. The standard InChI is InChI=1S/C4H4BNOS/c5-4-3(1-7)6-2-8-4/h1-2H,5H2. The van der Waals surface area contributed by atoms with E-state index in [0.717, 1.165) is 11.1 Å². The van der Waals surface area contributed by atoms with Crippen molar-refractivity contribution in [3.05, 3.63) is 11.2 Å². The van der Waals surface area contributed by atoms with Gasteiger partial charge in [0, 0.05) is 0 Å². The van der Waals surface area contributed by atoms with Gasteiger partial charge in [0.15, 0.2) is 14.1 Å². The van der Waals surface area contributed by atoms with Crippen molar-refractivity contribution in [1.82, 2.24) is 4.98 Å². The van der Waals surface area contributed by atoms with E-state index in [-0.39, 0.29) is 0 Å². The van der Waals surface area contributed by atoms with Gasteiger partial charge in [-0.2, -0.15) is 0 Å². The molecule has 0 amide bonds. The molecule has 0 saturated carbocycles. The molecule has 1 rings (SSSR count). The van der Waals surface area contributed by atoms with E-state index in [1.165, 1.54) is 11.3 Å². The minimum absolute atomic E-state index is 0.565. The van der Waals surface area contributed by atoms with Gasteiger partial charge in [0.2, 0.25) is 0 Å². The smallest absolute Gasteiger partial charge is 0.168 e. The Morgan fingerprint density at radius 2 is 2.62 bits per heavy atom. The van der Waals surface area contributed by atoms with Crippen LogP contribution in [0.3, 0.4) is 0 Å². The summed E-state index contributed by atoms with van der Waals surface area (Å²) in [5, 5.41) is 0. The number of hydrogen-bond acceptors (Lipinski definition) is 3. The molecule has 1 heterocycles. The fraction of sp³-hybridized carbons (Fsp3) is 0. The summed E-state index contributed by atoms with van der Waals surface area (Å²) in [6, 6.07) is 0. The Labute approximate surface area is 52.0 Å². The van der Waals surface area contributed by atoms with Crippen LogP contribution in [0, 0.1) is 0 Å². The summed E-state index contributed by atoms with van der Waals surface area (Å²) in [6.45, 7) is 0. The van der Waals surface area contributed by atoms with E-state index < -0.39 is 0 Å². The highest BCUT2D eigenvalue weighted by atomic mass is 32.1. The van der Waals surface area contributed by atoms with Crippen LogP contribution in [0.25, 0.3) is 0 Å². The van der Waals surface area contributed by atoms with Crippen LogP contribution in [0.4, 0.5) is 0 Å². The Bertz CT molecular complexity index is 198. The summed E-state index contributed by atoms with van der Waals surface area (Å²) in [4.78, 5) is 13.8. The molecular weight excluding hydrogens is 121 g/mol. The lowest BCUT2D eigenvalue weighted by Gasteiger charge is -1.76.